The fourth-order valence-electron chi connectivity index (χ4n) is 2.07. The van der Waals surface area contributed by atoms with E-state index < -0.39 is 0 Å². The summed E-state index contributed by atoms with van der Waals surface area (Å²) < 4.78 is 5.39. The summed E-state index contributed by atoms with van der Waals surface area (Å²) in [7, 11) is 1.78. The molecule has 2 atom stereocenters. The lowest BCUT2D eigenvalue weighted by molar-refractivity contribution is 0.100. The average Bonchev–Trinajstić information content (AvgIpc) is 2.43. The Morgan fingerprint density at radius 3 is 2.33 bits per heavy atom. The van der Waals surface area contributed by atoms with Gasteiger partial charge in [0.2, 0.25) is 0 Å². The van der Waals surface area contributed by atoms with Crippen molar-refractivity contribution in [1.82, 2.24) is 5.32 Å². The van der Waals surface area contributed by atoms with Gasteiger partial charge in [0.05, 0.1) is 6.10 Å². The lowest BCUT2D eigenvalue weighted by atomic mass is 9.99. The highest BCUT2D eigenvalue weighted by Gasteiger charge is 2.14. The Bertz CT molecular complexity index is 320. The molecule has 0 saturated carbocycles. The molecule has 0 amide bonds. The highest BCUT2D eigenvalue weighted by molar-refractivity contribution is 5.25. The number of nitrogens with one attached hydrogen (secondary N) is 1. The molecule has 18 heavy (non-hydrogen) atoms. The van der Waals surface area contributed by atoms with E-state index in [-0.39, 0.29) is 6.10 Å². The maximum atomic E-state index is 5.39. The molecule has 1 aromatic carbocycles. The molecule has 2 nitrogen and oxygen atoms in total. The van der Waals surface area contributed by atoms with Crippen LogP contribution in [0.25, 0.3) is 0 Å². The number of methoxy groups -OCH3 is 1. The molecule has 0 spiro atoms. The summed E-state index contributed by atoms with van der Waals surface area (Å²) in [5.74, 6) is 0. The van der Waals surface area contributed by atoms with Crippen molar-refractivity contribution in [2.75, 3.05) is 13.7 Å². The molecular weight excluding hydrogens is 222 g/mol. The molecule has 102 valence electrons. The van der Waals surface area contributed by atoms with Gasteiger partial charge in [-0.05, 0) is 43.9 Å². The molecule has 0 bridgehead atoms. The SMILES string of the molecule is CCCNC(CC(C)OC)c1ccc(CC)cc1. The van der Waals surface area contributed by atoms with Crippen molar-refractivity contribution in [1.29, 1.82) is 0 Å². The second kappa shape index (κ2) is 8.28. The van der Waals surface area contributed by atoms with Gasteiger partial charge in [-0.3, -0.25) is 0 Å². The van der Waals surface area contributed by atoms with Crippen molar-refractivity contribution >= 4 is 0 Å². The van der Waals surface area contributed by atoms with E-state index in [1.807, 2.05) is 0 Å². The smallest absolute Gasteiger partial charge is 0.0561 e. The molecule has 0 aliphatic heterocycles. The molecule has 0 aromatic heterocycles. The average molecular weight is 249 g/mol. The van der Waals surface area contributed by atoms with Crippen LogP contribution in [-0.2, 0) is 11.2 Å². The molecule has 0 aliphatic carbocycles. The largest absolute Gasteiger partial charge is 0.382 e. The second-order valence-corrected chi connectivity index (χ2v) is 4.88. The zero-order valence-corrected chi connectivity index (χ0v) is 12.2. The van der Waals surface area contributed by atoms with Crippen molar-refractivity contribution in [3.8, 4) is 0 Å². The first-order valence-corrected chi connectivity index (χ1v) is 7.06. The van der Waals surface area contributed by atoms with E-state index >= 15 is 0 Å². The van der Waals surface area contributed by atoms with Crippen LogP contribution in [0, 0.1) is 0 Å². The van der Waals surface area contributed by atoms with E-state index in [4.69, 9.17) is 4.74 Å². The van der Waals surface area contributed by atoms with Crippen LogP contribution in [0.4, 0.5) is 0 Å². The topological polar surface area (TPSA) is 21.3 Å². The van der Waals surface area contributed by atoms with E-state index in [1.54, 1.807) is 7.11 Å². The summed E-state index contributed by atoms with van der Waals surface area (Å²) in [6, 6.07) is 9.34. The van der Waals surface area contributed by atoms with Crippen molar-refractivity contribution in [3.63, 3.8) is 0 Å². The molecule has 1 N–H and O–H groups in total. The van der Waals surface area contributed by atoms with Crippen LogP contribution in [0.5, 0.6) is 0 Å². The second-order valence-electron chi connectivity index (χ2n) is 4.88. The molecular formula is C16H27NO. The Labute approximate surface area is 112 Å². The summed E-state index contributed by atoms with van der Waals surface area (Å²) in [6.45, 7) is 7.57. The van der Waals surface area contributed by atoms with Gasteiger partial charge < -0.3 is 10.1 Å². The van der Waals surface area contributed by atoms with E-state index in [0.29, 0.717) is 6.04 Å². The first kappa shape index (κ1) is 15.2. The van der Waals surface area contributed by atoms with Crippen molar-refractivity contribution in [3.05, 3.63) is 35.4 Å². The number of aryl methyl sites for hydroxylation is 1. The maximum absolute atomic E-state index is 5.39. The Balaban J connectivity index is 2.72. The molecule has 1 aromatic rings. The standard InChI is InChI=1S/C16H27NO/c1-5-11-17-16(12-13(3)18-4)15-9-7-14(6-2)8-10-15/h7-10,13,16-17H,5-6,11-12H2,1-4H3. The number of hydrogen-bond donors (Lipinski definition) is 1. The van der Waals surface area contributed by atoms with Crippen LogP contribution in [0.2, 0.25) is 0 Å². The van der Waals surface area contributed by atoms with Gasteiger partial charge in [0.15, 0.2) is 0 Å². The molecule has 0 radical (unpaired) electrons. The summed E-state index contributed by atoms with van der Waals surface area (Å²) in [6.07, 6.45) is 3.56. The van der Waals surface area contributed by atoms with E-state index in [9.17, 15) is 0 Å². The monoisotopic (exact) mass is 249 g/mol. The quantitative estimate of drug-likeness (QED) is 0.758. The molecule has 0 fully saturated rings. The molecule has 2 unspecified atom stereocenters. The number of rotatable bonds is 8. The van der Waals surface area contributed by atoms with Crippen LogP contribution in [0.3, 0.4) is 0 Å². The summed E-state index contributed by atoms with van der Waals surface area (Å²) in [5.41, 5.74) is 2.76. The van der Waals surface area contributed by atoms with Crippen LogP contribution in [0.15, 0.2) is 24.3 Å². The summed E-state index contributed by atoms with van der Waals surface area (Å²) in [5, 5.41) is 3.61. The third-order valence-electron chi connectivity index (χ3n) is 3.40. The first-order chi connectivity index (χ1) is 8.71. The molecule has 0 aliphatic rings. The van der Waals surface area contributed by atoms with Gasteiger partial charge in [-0.2, -0.15) is 0 Å². The third kappa shape index (κ3) is 4.79. The molecule has 1 rings (SSSR count). The fraction of sp³-hybridized carbons (Fsp3) is 0.625. The maximum Gasteiger partial charge on any atom is 0.0561 e. The predicted octanol–water partition coefficient (Wildman–Crippen LogP) is 3.71. The fourth-order valence-corrected chi connectivity index (χ4v) is 2.07. The first-order valence-electron chi connectivity index (χ1n) is 7.06. The van der Waals surface area contributed by atoms with Crippen LogP contribution in [0.1, 0.15) is 50.8 Å². The molecule has 0 saturated heterocycles. The van der Waals surface area contributed by atoms with Gasteiger partial charge in [0.25, 0.3) is 0 Å². The Morgan fingerprint density at radius 1 is 1.17 bits per heavy atom. The predicted molar refractivity (Wildman–Crippen MR) is 77.9 cm³/mol. The van der Waals surface area contributed by atoms with Gasteiger partial charge in [-0.25, -0.2) is 0 Å². The van der Waals surface area contributed by atoms with Gasteiger partial charge >= 0.3 is 0 Å². The number of hydrogen-bond acceptors (Lipinski definition) is 2. The van der Waals surface area contributed by atoms with E-state index in [1.165, 1.54) is 11.1 Å². The Kier molecular flexibility index (Phi) is 6.99. The number of ether oxygens (including phenoxy) is 1. The summed E-state index contributed by atoms with van der Waals surface area (Å²) in [4.78, 5) is 0. The van der Waals surface area contributed by atoms with Gasteiger partial charge in [0, 0.05) is 13.2 Å². The molecule has 2 heteroatoms. The van der Waals surface area contributed by atoms with E-state index in [2.05, 4.69) is 50.4 Å². The van der Waals surface area contributed by atoms with Crippen molar-refractivity contribution in [2.24, 2.45) is 0 Å². The third-order valence-corrected chi connectivity index (χ3v) is 3.40. The molecule has 0 heterocycles. The Morgan fingerprint density at radius 2 is 1.83 bits per heavy atom. The van der Waals surface area contributed by atoms with Crippen molar-refractivity contribution < 1.29 is 4.74 Å². The van der Waals surface area contributed by atoms with Crippen molar-refractivity contribution in [2.45, 2.75) is 52.2 Å². The summed E-state index contributed by atoms with van der Waals surface area (Å²) >= 11 is 0. The van der Waals surface area contributed by atoms with Crippen LogP contribution in [-0.4, -0.2) is 19.8 Å². The van der Waals surface area contributed by atoms with Gasteiger partial charge in [-0.15, -0.1) is 0 Å². The Hall–Kier alpha value is -0.860. The number of benzene rings is 1. The van der Waals surface area contributed by atoms with Gasteiger partial charge in [-0.1, -0.05) is 38.1 Å². The van der Waals surface area contributed by atoms with Crippen LogP contribution >= 0.6 is 0 Å². The highest BCUT2D eigenvalue weighted by atomic mass is 16.5. The highest BCUT2D eigenvalue weighted by Crippen LogP contribution is 2.20. The zero-order valence-electron chi connectivity index (χ0n) is 12.2. The minimum absolute atomic E-state index is 0.283. The lowest BCUT2D eigenvalue weighted by Crippen LogP contribution is -2.26. The van der Waals surface area contributed by atoms with Gasteiger partial charge in [0.1, 0.15) is 0 Å². The zero-order chi connectivity index (χ0) is 13.4. The minimum atomic E-state index is 0.283. The normalized spacial score (nSPS) is 14.4. The van der Waals surface area contributed by atoms with Crippen LogP contribution < -0.4 is 5.32 Å². The minimum Gasteiger partial charge on any atom is -0.382 e. The lowest BCUT2D eigenvalue weighted by Gasteiger charge is -2.22. The van der Waals surface area contributed by atoms with E-state index in [0.717, 1.165) is 25.8 Å².